The van der Waals surface area contributed by atoms with Crippen molar-refractivity contribution < 1.29 is 9.26 Å². The highest BCUT2D eigenvalue weighted by atomic mass is 16.5. The number of rotatable bonds is 5. The Hall–Kier alpha value is -2.80. The number of hydrogen-bond acceptors (Lipinski definition) is 7. The van der Waals surface area contributed by atoms with E-state index in [1.54, 1.807) is 19.4 Å². The Morgan fingerprint density at radius 1 is 1.24 bits per heavy atom. The first-order valence-corrected chi connectivity index (χ1v) is 8.30. The van der Waals surface area contributed by atoms with Gasteiger partial charge in [-0.25, -0.2) is 4.98 Å². The second-order valence-electron chi connectivity index (χ2n) is 6.03. The topological polar surface area (TPSA) is 77.2 Å². The van der Waals surface area contributed by atoms with E-state index in [0.29, 0.717) is 17.6 Å². The molecule has 0 amide bonds. The lowest BCUT2D eigenvalue weighted by Gasteiger charge is -2.21. The zero-order chi connectivity index (χ0) is 17.1. The predicted molar refractivity (Wildman–Crippen MR) is 90.7 cm³/mol. The van der Waals surface area contributed by atoms with Crippen molar-refractivity contribution in [1.29, 1.82) is 0 Å². The number of aromatic nitrogens is 4. The molecule has 0 aromatic carbocycles. The van der Waals surface area contributed by atoms with Crippen LogP contribution in [0.1, 0.15) is 30.3 Å². The van der Waals surface area contributed by atoms with E-state index in [0.717, 1.165) is 31.5 Å². The van der Waals surface area contributed by atoms with Gasteiger partial charge in [-0.05, 0) is 43.1 Å². The van der Waals surface area contributed by atoms with Crippen LogP contribution in [0.5, 0.6) is 5.88 Å². The first kappa shape index (κ1) is 15.7. The molecule has 1 atom stereocenters. The fourth-order valence-electron chi connectivity index (χ4n) is 3.14. The maximum atomic E-state index is 5.55. The van der Waals surface area contributed by atoms with Gasteiger partial charge in [0.1, 0.15) is 0 Å². The molecule has 1 aliphatic heterocycles. The third-order valence-corrected chi connectivity index (χ3v) is 4.43. The van der Waals surface area contributed by atoms with E-state index < -0.39 is 0 Å². The van der Waals surface area contributed by atoms with Gasteiger partial charge < -0.3 is 9.26 Å². The largest absolute Gasteiger partial charge is 0.481 e. The monoisotopic (exact) mass is 337 g/mol. The van der Waals surface area contributed by atoms with Crippen LogP contribution in [0.25, 0.3) is 11.4 Å². The number of ether oxygens (including phenoxy) is 1. The van der Waals surface area contributed by atoms with E-state index in [2.05, 4.69) is 25.0 Å². The number of nitrogens with zero attached hydrogens (tertiary/aromatic N) is 5. The SMILES string of the molecule is COc1ccc(-c2noc([C@@H]3CCCN3Cc3ccncc3)n2)cn1. The summed E-state index contributed by atoms with van der Waals surface area (Å²) in [4.78, 5) is 15.2. The number of methoxy groups -OCH3 is 1. The van der Waals surface area contributed by atoms with E-state index in [1.807, 2.05) is 30.6 Å². The molecule has 0 N–H and O–H groups in total. The van der Waals surface area contributed by atoms with Gasteiger partial charge in [0, 0.05) is 36.8 Å². The predicted octanol–water partition coefficient (Wildman–Crippen LogP) is 2.87. The first-order valence-electron chi connectivity index (χ1n) is 8.30. The smallest absolute Gasteiger partial charge is 0.244 e. The molecule has 0 aliphatic carbocycles. The average Bonchev–Trinajstić information content (AvgIpc) is 3.32. The van der Waals surface area contributed by atoms with Crippen LogP contribution in [0.4, 0.5) is 0 Å². The summed E-state index contributed by atoms with van der Waals surface area (Å²) in [5.41, 5.74) is 2.05. The molecule has 128 valence electrons. The molecule has 1 saturated heterocycles. The van der Waals surface area contributed by atoms with Gasteiger partial charge >= 0.3 is 0 Å². The van der Waals surface area contributed by atoms with Crippen molar-refractivity contribution >= 4 is 0 Å². The molecule has 4 rings (SSSR count). The van der Waals surface area contributed by atoms with E-state index in [1.165, 1.54) is 5.56 Å². The maximum absolute atomic E-state index is 5.55. The fraction of sp³-hybridized carbons (Fsp3) is 0.333. The Balaban J connectivity index is 1.52. The highest BCUT2D eigenvalue weighted by Crippen LogP contribution is 2.33. The summed E-state index contributed by atoms with van der Waals surface area (Å²) in [6.45, 7) is 1.88. The summed E-state index contributed by atoms with van der Waals surface area (Å²) in [6, 6.07) is 7.90. The van der Waals surface area contributed by atoms with Crippen molar-refractivity contribution in [3.8, 4) is 17.3 Å². The zero-order valence-corrected chi connectivity index (χ0v) is 14.0. The molecule has 1 aliphatic rings. The van der Waals surface area contributed by atoms with Gasteiger partial charge in [0.25, 0.3) is 0 Å². The van der Waals surface area contributed by atoms with Crippen LogP contribution in [-0.4, -0.2) is 38.7 Å². The molecule has 0 bridgehead atoms. The average molecular weight is 337 g/mol. The Labute approximate surface area is 145 Å². The van der Waals surface area contributed by atoms with Crippen molar-refractivity contribution in [3.05, 3.63) is 54.3 Å². The Bertz CT molecular complexity index is 819. The molecule has 0 saturated carbocycles. The van der Waals surface area contributed by atoms with Crippen LogP contribution >= 0.6 is 0 Å². The van der Waals surface area contributed by atoms with Crippen molar-refractivity contribution in [3.63, 3.8) is 0 Å². The minimum absolute atomic E-state index is 0.153. The van der Waals surface area contributed by atoms with E-state index in [9.17, 15) is 0 Å². The third-order valence-electron chi connectivity index (χ3n) is 4.43. The van der Waals surface area contributed by atoms with Gasteiger partial charge in [-0.3, -0.25) is 9.88 Å². The molecule has 3 aromatic heterocycles. The molecule has 7 nitrogen and oxygen atoms in total. The Morgan fingerprint density at radius 2 is 2.12 bits per heavy atom. The van der Waals surface area contributed by atoms with Gasteiger partial charge in [0.15, 0.2) is 0 Å². The fourth-order valence-corrected chi connectivity index (χ4v) is 3.14. The molecular formula is C18H19N5O2. The minimum atomic E-state index is 0.153. The highest BCUT2D eigenvalue weighted by Gasteiger charge is 2.30. The number of likely N-dealkylation sites (tertiary alicyclic amines) is 1. The van der Waals surface area contributed by atoms with Crippen LogP contribution in [-0.2, 0) is 6.54 Å². The van der Waals surface area contributed by atoms with E-state index in [4.69, 9.17) is 9.26 Å². The first-order chi connectivity index (χ1) is 12.3. The number of pyridine rings is 2. The third kappa shape index (κ3) is 3.36. The summed E-state index contributed by atoms with van der Waals surface area (Å²) < 4.78 is 10.6. The highest BCUT2D eigenvalue weighted by molar-refractivity contribution is 5.53. The molecule has 0 radical (unpaired) electrons. The maximum Gasteiger partial charge on any atom is 0.244 e. The second kappa shape index (κ2) is 6.98. The van der Waals surface area contributed by atoms with Crippen LogP contribution in [0, 0.1) is 0 Å². The van der Waals surface area contributed by atoms with E-state index in [-0.39, 0.29) is 6.04 Å². The van der Waals surface area contributed by atoms with Crippen molar-refractivity contribution in [2.24, 2.45) is 0 Å². The van der Waals surface area contributed by atoms with Crippen LogP contribution in [0.15, 0.2) is 47.4 Å². The van der Waals surface area contributed by atoms with Gasteiger partial charge in [-0.2, -0.15) is 4.98 Å². The van der Waals surface area contributed by atoms with Crippen molar-refractivity contribution in [2.45, 2.75) is 25.4 Å². The van der Waals surface area contributed by atoms with Gasteiger partial charge in [-0.15, -0.1) is 0 Å². The molecule has 25 heavy (non-hydrogen) atoms. The van der Waals surface area contributed by atoms with Crippen molar-refractivity contribution in [2.75, 3.05) is 13.7 Å². The number of hydrogen-bond donors (Lipinski definition) is 0. The minimum Gasteiger partial charge on any atom is -0.481 e. The molecule has 0 spiro atoms. The second-order valence-corrected chi connectivity index (χ2v) is 6.03. The summed E-state index contributed by atoms with van der Waals surface area (Å²) in [7, 11) is 1.59. The summed E-state index contributed by atoms with van der Waals surface area (Å²) in [5.74, 6) is 1.78. The molecule has 0 unspecified atom stereocenters. The quantitative estimate of drug-likeness (QED) is 0.708. The zero-order valence-electron chi connectivity index (χ0n) is 14.0. The summed E-state index contributed by atoms with van der Waals surface area (Å²) in [5, 5.41) is 4.12. The summed E-state index contributed by atoms with van der Waals surface area (Å²) >= 11 is 0. The Kier molecular flexibility index (Phi) is 4.39. The molecular weight excluding hydrogens is 318 g/mol. The van der Waals surface area contributed by atoms with Crippen LogP contribution in [0.2, 0.25) is 0 Å². The van der Waals surface area contributed by atoms with Gasteiger partial charge in [0.05, 0.1) is 13.2 Å². The van der Waals surface area contributed by atoms with Gasteiger partial charge in [0.2, 0.25) is 17.6 Å². The van der Waals surface area contributed by atoms with E-state index >= 15 is 0 Å². The lowest BCUT2D eigenvalue weighted by Crippen LogP contribution is -2.23. The van der Waals surface area contributed by atoms with Gasteiger partial charge in [-0.1, -0.05) is 5.16 Å². The lowest BCUT2D eigenvalue weighted by molar-refractivity contribution is 0.201. The van der Waals surface area contributed by atoms with Crippen molar-refractivity contribution in [1.82, 2.24) is 25.0 Å². The molecule has 3 aromatic rings. The van der Waals surface area contributed by atoms with Crippen LogP contribution in [0.3, 0.4) is 0 Å². The molecule has 7 heteroatoms. The normalized spacial score (nSPS) is 17.7. The standard InChI is InChI=1S/C18H19N5O2/c1-24-16-5-4-14(11-20-16)17-21-18(25-22-17)15-3-2-10-23(15)12-13-6-8-19-9-7-13/h4-9,11,15H,2-3,10,12H2,1H3/t15-/m0/s1. The summed E-state index contributed by atoms with van der Waals surface area (Å²) in [6.07, 6.45) is 7.48. The Morgan fingerprint density at radius 3 is 2.88 bits per heavy atom. The molecule has 1 fully saturated rings. The molecule has 4 heterocycles. The lowest BCUT2D eigenvalue weighted by atomic mass is 10.2. The van der Waals surface area contributed by atoms with Crippen LogP contribution < -0.4 is 4.74 Å².